The van der Waals surface area contributed by atoms with Crippen LogP contribution in [0, 0.1) is 0 Å². The number of benzene rings is 1. The molecule has 2 heterocycles. The van der Waals surface area contributed by atoms with Gasteiger partial charge < -0.3 is 9.30 Å². The van der Waals surface area contributed by atoms with Crippen molar-refractivity contribution in [1.82, 2.24) is 14.5 Å². The summed E-state index contributed by atoms with van der Waals surface area (Å²) in [7, 11) is 4.26. The summed E-state index contributed by atoms with van der Waals surface area (Å²) in [5.74, 6) is 1.12. The molecule has 1 aromatic carbocycles. The van der Waals surface area contributed by atoms with Crippen LogP contribution < -0.4 is 0 Å². The smallest absolute Gasteiger partial charge is 0.123 e. The van der Waals surface area contributed by atoms with E-state index in [9.17, 15) is 0 Å². The zero-order valence-corrected chi connectivity index (χ0v) is 11.7. The van der Waals surface area contributed by atoms with Gasteiger partial charge in [0.2, 0.25) is 0 Å². The topological polar surface area (TPSA) is 30.3 Å². The highest BCUT2D eigenvalue weighted by Crippen LogP contribution is 2.18. The normalized spacial score (nSPS) is 20.3. The Morgan fingerprint density at radius 2 is 2.26 bits per heavy atom. The number of likely N-dealkylation sites (N-methyl/N-ethyl adjacent to an activating group) is 1. The highest BCUT2D eigenvalue weighted by atomic mass is 16.5. The van der Waals surface area contributed by atoms with E-state index in [0.717, 1.165) is 37.5 Å². The largest absolute Gasteiger partial charge is 0.380 e. The summed E-state index contributed by atoms with van der Waals surface area (Å²) in [6.07, 6.45) is 2.39. The zero-order valence-electron chi connectivity index (χ0n) is 11.7. The number of aryl methyl sites for hydroxylation is 1. The van der Waals surface area contributed by atoms with Crippen LogP contribution in [-0.4, -0.2) is 40.8 Å². The van der Waals surface area contributed by atoms with Gasteiger partial charge in [-0.05, 0) is 32.0 Å². The number of hydrogen-bond acceptors (Lipinski definition) is 3. The first-order valence-corrected chi connectivity index (χ1v) is 6.94. The fourth-order valence-electron chi connectivity index (χ4n) is 2.76. The molecule has 19 heavy (non-hydrogen) atoms. The van der Waals surface area contributed by atoms with Gasteiger partial charge in [-0.25, -0.2) is 4.98 Å². The van der Waals surface area contributed by atoms with E-state index in [4.69, 9.17) is 9.72 Å². The van der Waals surface area contributed by atoms with Gasteiger partial charge in [0.05, 0.1) is 24.2 Å². The molecule has 3 rings (SSSR count). The first kappa shape index (κ1) is 12.6. The number of aromatic nitrogens is 2. The maximum absolute atomic E-state index is 5.56. The standard InChI is InChI=1S/C15H21N3O/c1-17(12-6-5-9-19-11-12)10-15-16-13-7-3-4-8-14(13)18(15)2/h3-4,7-8,12H,5-6,9-11H2,1-2H3/t12-/m0/s1. The molecule has 0 bridgehead atoms. The Bertz CT molecular complexity index is 558. The second-order valence-corrected chi connectivity index (χ2v) is 5.36. The fourth-order valence-corrected chi connectivity index (χ4v) is 2.76. The third-order valence-corrected chi connectivity index (χ3v) is 4.03. The fraction of sp³-hybridized carbons (Fsp3) is 0.533. The lowest BCUT2D eigenvalue weighted by Gasteiger charge is -2.30. The van der Waals surface area contributed by atoms with Crippen molar-refractivity contribution in [3.63, 3.8) is 0 Å². The number of hydrogen-bond donors (Lipinski definition) is 0. The monoisotopic (exact) mass is 259 g/mol. The van der Waals surface area contributed by atoms with Crippen molar-refractivity contribution in [3.8, 4) is 0 Å². The van der Waals surface area contributed by atoms with Gasteiger partial charge in [0.15, 0.2) is 0 Å². The number of imidazole rings is 1. The van der Waals surface area contributed by atoms with Crippen LogP contribution >= 0.6 is 0 Å². The first-order valence-electron chi connectivity index (χ1n) is 6.94. The molecule has 4 heteroatoms. The number of fused-ring (bicyclic) bond motifs is 1. The number of ether oxygens (including phenoxy) is 1. The Hall–Kier alpha value is -1.39. The molecule has 0 amide bonds. The van der Waals surface area contributed by atoms with Gasteiger partial charge >= 0.3 is 0 Å². The second kappa shape index (κ2) is 5.31. The van der Waals surface area contributed by atoms with E-state index in [0.29, 0.717) is 6.04 Å². The Morgan fingerprint density at radius 3 is 3.00 bits per heavy atom. The molecular formula is C15H21N3O. The molecule has 102 valence electrons. The van der Waals surface area contributed by atoms with E-state index in [2.05, 4.69) is 41.8 Å². The summed E-state index contributed by atoms with van der Waals surface area (Å²) in [4.78, 5) is 7.09. The summed E-state index contributed by atoms with van der Waals surface area (Å²) in [6.45, 7) is 2.64. The van der Waals surface area contributed by atoms with Crippen LogP contribution in [0.1, 0.15) is 18.7 Å². The van der Waals surface area contributed by atoms with E-state index in [1.165, 1.54) is 11.9 Å². The average Bonchev–Trinajstić information content (AvgIpc) is 2.77. The molecule has 0 unspecified atom stereocenters. The Kier molecular flexibility index (Phi) is 3.53. The summed E-state index contributed by atoms with van der Waals surface area (Å²) < 4.78 is 7.75. The van der Waals surface area contributed by atoms with E-state index in [1.807, 2.05) is 6.07 Å². The molecule has 1 saturated heterocycles. The molecular weight excluding hydrogens is 238 g/mol. The van der Waals surface area contributed by atoms with Crippen molar-refractivity contribution in [1.29, 1.82) is 0 Å². The average molecular weight is 259 g/mol. The highest BCUT2D eigenvalue weighted by Gasteiger charge is 2.20. The molecule has 0 N–H and O–H groups in total. The van der Waals surface area contributed by atoms with E-state index in [1.54, 1.807) is 0 Å². The van der Waals surface area contributed by atoms with Crippen LogP contribution in [0.2, 0.25) is 0 Å². The molecule has 1 aliphatic rings. The van der Waals surface area contributed by atoms with Gasteiger partial charge in [-0.2, -0.15) is 0 Å². The third kappa shape index (κ3) is 2.51. The van der Waals surface area contributed by atoms with Crippen LogP contribution in [0.15, 0.2) is 24.3 Å². The van der Waals surface area contributed by atoms with Crippen LogP contribution in [-0.2, 0) is 18.3 Å². The van der Waals surface area contributed by atoms with Crippen molar-refractivity contribution in [3.05, 3.63) is 30.1 Å². The quantitative estimate of drug-likeness (QED) is 0.846. The maximum Gasteiger partial charge on any atom is 0.123 e. The van der Waals surface area contributed by atoms with Crippen LogP contribution in [0.3, 0.4) is 0 Å². The van der Waals surface area contributed by atoms with Crippen molar-refractivity contribution >= 4 is 11.0 Å². The van der Waals surface area contributed by atoms with Crippen LogP contribution in [0.25, 0.3) is 11.0 Å². The van der Waals surface area contributed by atoms with Gasteiger partial charge in [-0.3, -0.25) is 4.90 Å². The predicted octanol–water partition coefficient (Wildman–Crippen LogP) is 2.18. The summed E-state index contributed by atoms with van der Waals surface area (Å²) in [5.41, 5.74) is 2.28. The predicted molar refractivity (Wildman–Crippen MR) is 76.0 cm³/mol. The van der Waals surface area contributed by atoms with E-state index in [-0.39, 0.29) is 0 Å². The third-order valence-electron chi connectivity index (χ3n) is 4.03. The number of nitrogens with zero attached hydrogens (tertiary/aromatic N) is 3. The minimum absolute atomic E-state index is 0.522. The molecule has 0 aliphatic carbocycles. The molecule has 1 fully saturated rings. The van der Waals surface area contributed by atoms with Crippen molar-refractivity contribution < 1.29 is 4.74 Å². The van der Waals surface area contributed by atoms with Gasteiger partial charge in [-0.15, -0.1) is 0 Å². The Balaban J connectivity index is 1.78. The SMILES string of the molecule is CN(Cc1nc2ccccc2n1C)[C@H]1CCCOC1. The van der Waals surface area contributed by atoms with Crippen molar-refractivity contribution in [2.24, 2.45) is 7.05 Å². The van der Waals surface area contributed by atoms with E-state index < -0.39 is 0 Å². The Morgan fingerprint density at radius 1 is 1.42 bits per heavy atom. The van der Waals surface area contributed by atoms with E-state index >= 15 is 0 Å². The summed E-state index contributed by atoms with van der Waals surface area (Å²) >= 11 is 0. The lowest BCUT2D eigenvalue weighted by atomic mass is 10.1. The number of para-hydroxylation sites is 2. The second-order valence-electron chi connectivity index (χ2n) is 5.36. The van der Waals surface area contributed by atoms with Gasteiger partial charge in [-0.1, -0.05) is 12.1 Å². The molecule has 0 saturated carbocycles. The van der Waals surface area contributed by atoms with Gasteiger partial charge in [0.25, 0.3) is 0 Å². The van der Waals surface area contributed by atoms with Crippen molar-refractivity contribution in [2.75, 3.05) is 20.3 Å². The van der Waals surface area contributed by atoms with Crippen LogP contribution in [0.5, 0.6) is 0 Å². The van der Waals surface area contributed by atoms with Crippen LogP contribution in [0.4, 0.5) is 0 Å². The molecule has 1 aromatic heterocycles. The number of rotatable bonds is 3. The summed E-state index contributed by atoms with van der Waals surface area (Å²) in [5, 5.41) is 0. The Labute approximate surface area is 114 Å². The summed E-state index contributed by atoms with van der Waals surface area (Å²) in [6, 6.07) is 8.82. The van der Waals surface area contributed by atoms with Gasteiger partial charge in [0, 0.05) is 19.7 Å². The molecule has 4 nitrogen and oxygen atoms in total. The highest BCUT2D eigenvalue weighted by molar-refractivity contribution is 5.75. The minimum atomic E-state index is 0.522. The minimum Gasteiger partial charge on any atom is -0.380 e. The lowest BCUT2D eigenvalue weighted by molar-refractivity contribution is 0.0240. The molecule has 0 radical (unpaired) electrons. The zero-order chi connectivity index (χ0) is 13.2. The first-order chi connectivity index (χ1) is 9.25. The van der Waals surface area contributed by atoms with Gasteiger partial charge in [0.1, 0.15) is 5.82 Å². The maximum atomic E-state index is 5.56. The molecule has 2 aromatic rings. The molecule has 1 atom stereocenters. The molecule has 1 aliphatic heterocycles. The molecule has 0 spiro atoms. The van der Waals surface area contributed by atoms with Crippen molar-refractivity contribution in [2.45, 2.75) is 25.4 Å². The lowest BCUT2D eigenvalue weighted by Crippen LogP contribution is -2.38.